The van der Waals surface area contributed by atoms with Gasteiger partial charge in [-0.15, -0.1) is 0 Å². The minimum atomic E-state index is -3.17. The van der Waals surface area contributed by atoms with Gasteiger partial charge in [-0.2, -0.15) is 0 Å². The highest BCUT2D eigenvalue weighted by Crippen LogP contribution is 2.18. The lowest BCUT2D eigenvalue weighted by molar-refractivity contribution is 0.319. The van der Waals surface area contributed by atoms with Crippen molar-refractivity contribution in [1.29, 1.82) is 0 Å². The van der Waals surface area contributed by atoms with E-state index in [1.54, 1.807) is 19.1 Å². The van der Waals surface area contributed by atoms with Crippen molar-refractivity contribution in [3.05, 3.63) is 44.4 Å². The Kier molecular flexibility index (Phi) is 11.0. The number of hydrogen-bond donors (Lipinski definition) is 0. The Morgan fingerprint density at radius 2 is 1.73 bits per heavy atom. The van der Waals surface area contributed by atoms with Crippen LogP contribution in [0.5, 0.6) is 0 Å². The summed E-state index contributed by atoms with van der Waals surface area (Å²) in [6.07, 6.45) is 11.9. The third kappa shape index (κ3) is 9.58. The Bertz CT molecular complexity index is 553. The summed E-state index contributed by atoms with van der Waals surface area (Å²) in [6.45, 7) is 11.3. The number of sulfone groups is 1. The maximum absolute atomic E-state index is 11.6. The second-order valence-electron chi connectivity index (χ2n) is 5.23. The molecule has 0 aliphatic rings. The molecule has 0 unspecified atom stereocenters. The van der Waals surface area contributed by atoms with Crippen molar-refractivity contribution >= 4 is 32.4 Å². The molecule has 0 aromatic carbocycles. The van der Waals surface area contributed by atoms with E-state index in [2.05, 4.69) is 31.7 Å². The number of allylic oxidation sites excluding steroid dienone is 6. The molecule has 0 aliphatic heterocycles. The van der Waals surface area contributed by atoms with Gasteiger partial charge in [0.15, 0.2) is 9.84 Å². The van der Waals surface area contributed by atoms with Gasteiger partial charge in [-0.25, -0.2) is 8.42 Å². The van der Waals surface area contributed by atoms with Crippen LogP contribution in [0.3, 0.4) is 0 Å². The summed E-state index contributed by atoms with van der Waals surface area (Å²) in [5.41, 5.74) is 1.18. The Morgan fingerprint density at radius 3 is 2.18 bits per heavy atom. The van der Waals surface area contributed by atoms with E-state index in [4.69, 9.17) is 0 Å². The molecule has 0 aromatic rings. The summed E-state index contributed by atoms with van der Waals surface area (Å²) in [6, 6.07) is 0. The Balaban J connectivity index is 4.73. The number of hydrogen-bond acceptors (Lipinski definition) is 3. The van der Waals surface area contributed by atoms with E-state index in [9.17, 15) is 8.42 Å². The zero-order valence-corrected chi connectivity index (χ0v) is 17.2. The molecule has 0 N–H and O–H groups in total. The molecule has 22 heavy (non-hydrogen) atoms. The molecule has 0 rings (SSSR count). The molecule has 0 radical (unpaired) electrons. The maximum Gasteiger partial charge on any atom is 0.176 e. The summed E-state index contributed by atoms with van der Waals surface area (Å²) in [5, 5.41) is 0. The van der Waals surface area contributed by atoms with E-state index in [1.165, 1.54) is 11.8 Å². The van der Waals surface area contributed by atoms with Crippen LogP contribution < -0.4 is 0 Å². The van der Waals surface area contributed by atoms with Crippen LogP contribution in [0.1, 0.15) is 34.1 Å². The van der Waals surface area contributed by atoms with E-state index < -0.39 is 9.84 Å². The summed E-state index contributed by atoms with van der Waals surface area (Å²) in [4.78, 5) is 2.76. The van der Waals surface area contributed by atoms with Crippen molar-refractivity contribution in [2.75, 3.05) is 25.9 Å². The van der Waals surface area contributed by atoms with Crippen molar-refractivity contribution in [1.82, 2.24) is 4.90 Å². The van der Waals surface area contributed by atoms with Gasteiger partial charge in [0.2, 0.25) is 0 Å². The van der Waals surface area contributed by atoms with E-state index in [-0.39, 0.29) is 0 Å². The standard InChI is InChI=1S/C17H28INO2S/c1-6-13-19(7-2)14-12-15(3)10-8-9-11-17(16(4)18)22(5,20)21/h8-12H,6-7,13-14H2,1-5H3/b10-8+,11-9-,15-12+,17-16-. The highest BCUT2D eigenvalue weighted by Gasteiger charge is 2.09. The van der Waals surface area contributed by atoms with Gasteiger partial charge >= 0.3 is 0 Å². The molecule has 0 heterocycles. The van der Waals surface area contributed by atoms with E-state index in [1.807, 2.05) is 34.7 Å². The van der Waals surface area contributed by atoms with Gasteiger partial charge in [-0.1, -0.05) is 43.7 Å². The summed E-state index contributed by atoms with van der Waals surface area (Å²) >= 11 is 2.04. The van der Waals surface area contributed by atoms with Gasteiger partial charge in [0, 0.05) is 16.4 Å². The number of likely N-dealkylation sites (N-methyl/N-ethyl adjacent to an activating group) is 1. The first-order chi connectivity index (χ1) is 10.2. The van der Waals surface area contributed by atoms with Crippen molar-refractivity contribution in [3.8, 4) is 0 Å². The maximum atomic E-state index is 11.6. The van der Waals surface area contributed by atoms with Gasteiger partial charge in [0.1, 0.15) is 0 Å². The molecule has 3 nitrogen and oxygen atoms in total. The molecule has 126 valence electrons. The smallest absolute Gasteiger partial charge is 0.176 e. The van der Waals surface area contributed by atoms with Gasteiger partial charge < -0.3 is 0 Å². The molecular formula is C17H28INO2S. The minimum Gasteiger partial charge on any atom is -0.300 e. The van der Waals surface area contributed by atoms with Gasteiger partial charge in [0.05, 0.1) is 4.91 Å². The van der Waals surface area contributed by atoms with Crippen LogP contribution in [0.2, 0.25) is 0 Å². The van der Waals surface area contributed by atoms with Crippen LogP contribution in [0, 0.1) is 0 Å². The molecule has 0 saturated heterocycles. The fourth-order valence-corrected chi connectivity index (χ4v) is 4.10. The molecule has 0 fully saturated rings. The van der Waals surface area contributed by atoms with Crippen molar-refractivity contribution in [2.45, 2.75) is 34.1 Å². The normalized spacial score (nSPS) is 15.1. The average molecular weight is 437 g/mol. The van der Waals surface area contributed by atoms with Crippen LogP contribution >= 0.6 is 22.6 Å². The van der Waals surface area contributed by atoms with Crippen LogP contribution in [0.4, 0.5) is 0 Å². The molecule has 0 aromatic heterocycles. The molecule has 0 spiro atoms. The summed E-state index contributed by atoms with van der Waals surface area (Å²) < 4.78 is 24.0. The fourth-order valence-electron chi connectivity index (χ4n) is 1.88. The predicted molar refractivity (Wildman–Crippen MR) is 106 cm³/mol. The largest absolute Gasteiger partial charge is 0.300 e. The number of halogens is 1. The second-order valence-corrected chi connectivity index (χ2v) is 8.83. The Morgan fingerprint density at radius 1 is 1.14 bits per heavy atom. The van der Waals surface area contributed by atoms with Crippen LogP contribution in [0.15, 0.2) is 44.4 Å². The molecule has 0 aliphatic carbocycles. The molecule has 0 atom stereocenters. The molecule has 5 heteroatoms. The average Bonchev–Trinajstić information content (AvgIpc) is 2.41. The molecule has 0 bridgehead atoms. The van der Waals surface area contributed by atoms with Crippen molar-refractivity contribution < 1.29 is 8.42 Å². The summed E-state index contributed by atoms with van der Waals surface area (Å²) in [7, 11) is -3.17. The van der Waals surface area contributed by atoms with Crippen LogP contribution in [0.25, 0.3) is 0 Å². The zero-order chi connectivity index (χ0) is 17.2. The Hall–Kier alpha value is -0.400. The SMILES string of the molecule is CCCN(CC)C/C=C(C)/C=C/C=C\C(=C(/C)I)S(C)(=O)=O. The zero-order valence-electron chi connectivity index (χ0n) is 14.3. The van der Waals surface area contributed by atoms with E-state index in [0.717, 1.165) is 29.6 Å². The fraction of sp³-hybridized carbons (Fsp3) is 0.529. The minimum absolute atomic E-state index is 0.375. The second kappa shape index (κ2) is 11.2. The molecule has 0 saturated carbocycles. The molecule has 0 amide bonds. The van der Waals surface area contributed by atoms with E-state index >= 15 is 0 Å². The molecular weight excluding hydrogens is 409 g/mol. The van der Waals surface area contributed by atoms with Crippen LogP contribution in [-0.4, -0.2) is 39.2 Å². The van der Waals surface area contributed by atoms with E-state index in [0.29, 0.717) is 4.91 Å². The first-order valence-electron chi connectivity index (χ1n) is 7.52. The van der Waals surface area contributed by atoms with Gasteiger partial charge in [-0.3, -0.25) is 4.90 Å². The lowest BCUT2D eigenvalue weighted by Gasteiger charge is -2.17. The Labute approximate surface area is 149 Å². The van der Waals surface area contributed by atoms with Gasteiger partial charge in [-0.05, 0) is 62.0 Å². The van der Waals surface area contributed by atoms with Crippen LogP contribution in [-0.2, 0) is 9.84 Å². The van der Waals surface area contributed by atoms with Gasteiger partial charge in [0.25, 0.3) is 0 Å². The van der Waals surface area contributed by atoms with Crippen molar-refractivity contribution in [3.63, 3.8) is 0 Å². The lowest BCUT2D eigenvalue weighted by atomic mass is 10.2. The monoisotopic (exact) mass is 437 g/mol. The lowest BCUT2D eigenvalue weighted by Crippen LogP contribution is -2.24. The third-order valence-electron chi connectivity index (χ3n) is 3.12. The topological polar surface area (TPSA) is 37.4 Å². The predicted octanol–water partition coefficient (Wildman–Crippen LogP) is 4.49. The first-order valence-corrected chi connectivity index (χ1v) is 10.5. The summed E-state index contributed by atoms with van der Waals surface area (Å²) in [5.74, 6) is 0. The number of nitrogens with zero attached hydrogens (tertiary/aromatic N) is 1. The highest BCUT2D eigenvalue weighted by molar-refractivity contribution is 14.1. The third-order valence-corrected chi connectivity index (χ3v) is 5.30. The quantitative estimate of drug-likeness (QED) is 0.394. The first kappa shape index (κ1) is 21.6. The number of rotatable bonds is 9. The highest BCUT2D eigenvalue weighted by atomic mass is 127. The van der Waals surface area contributed by atoms with Crippen molar-refractivity contribution in [2.24, 2.45) is 0 Å².